The summed E-state index contributed by atoms with van der Waals surface area (Å²) in [6.45, 7) is 2.00. The van der Waals surface area contributed by atoms with Crippen molar-refractivity contribution in [1.82, 2.24) is 24.8 Å². The number of rotatable bonds is 10. The van der Waals surface area contributed by atoms with E-state index in [1.807, 2.05) is 6.92 Å². The molecule has 0 unspecified atom stereocenters. The van der Waals surface area contributed by atoms with Gasteiger partial charge in [-0.3, -0.25) is 9.89 Å². The number of nitrogens with zero attached hydrogens (tertiary/aromatic N) is 3. The molecule has 1 amide bonds. The highest BCUT2D eigenvalue weighted by molar-refractivity contribution is 7.99. The maximum atomic E-state index is 13.2. The van der Waals surface area contributed by atoms with Gasteiger partial charge in [-0.1, -0.05) is 53.2 Å². The average molecular weight is 480 g/mol. The molecule has 2 aromatic carbocycles. The number of hydrogen-bond acceptors (Lipinski definition) is 6. The molecule has 0 aliphatic carbocycles. The van der Waals surface area contributed by atoms with Gasteiger partial charge >= 0.3 is 0 Å². The van der Waals surface area contributed by atoms with Gasteiger partial charge in [0.25, 0.3) is 0 Å². The number of aromatic amines is 1. The molecule has 0 aliphatic rings. The standard InChI is InChI=1S/C20H22ClN5O3S2/c1-15-2-8-18(9-3-15)31(28,29)26(12-16-4-6-17(21)7-5-16)13-19(27)22-10-11-30-20-23-14-24-25-20/h2-9,14H,10-13H2,1H3,(H,22,27)(H,23,24,25). The van der Waals surface area contributed by atoms with E-state index in [1.165, 1.54) is 22.4 Å². The highest BCUT2D eigenvalue weighted by atomic mass is 35.5. The predicted octanol–water partition coefficient (Wildman–Crippen LogP) is 2.87. The number of sulfonamides is 1. The maximum absolute atomic E-state index is 13.2. The fourth-order valence-electron chi connectivity index (χ4n) is 2.70. The zero-order valence-corrected chi connectivity index (χ0v) is 19.2. The second kappa shape index (κ2) is 10.8. The zero-order valence-electron chi connectivity index (χ0n) is 16.8. The fraction of sp³-hybridized carbons (Fsp3) is 0.250. The maximum Gasteiger partial charge on any atom is 0.243 e. The first-order valence-electron chi connectivity index (χ1n) is 9.41. The second-order valence-electron chi connectivity index (χ2n) is 6.70. The van der Waals surface area contributed by atoms with Gasteiger partial charge in [-0.25, -0.2) is 13.4 Å². The molecular weight excluding hydrogens is 458 g/mol. The SMILES string of the molecule is Cc1ccc(S(=O)(=O)N(CC(=O)NCCSc2ncn[nH]2)Cc2ccc(Cl)cc2)cc1. The van der Waals surface area contributed by atoms with Gasteiger partial charge in [-0.15, -0.1) is 0 Å². The molecule has 11 heteroatoms. The summed E-state index contributed by atoms with van der Waals surface area (Å²) >= 11 is 7.34. The van der Waals surface area contributed by atoms with Crippen molar-refractivity contribution < 1.29 is 13.2 Å². The molecule has 0 aliphatic heterocycles. The molecule has 164 valence electrons. The van der Waals surface area contributed by atoms with E-state index < -0.39 is 10.0 Å². The van der Waals surface area contributed by atoms with Crippen LogP contribution < -0.4 is 5.32 Å². The second-order valence-corrected chi connectivity index (χ2v) is 10.2. The van der Waals surface area contributed by atoms with Crippen LogP contribution >= 0.6 is 23.4 Å². The van der Waals surface area contributed by atoms with Crippen LogP contribution in [0.3, 0.4) is 0 Å². The molecule has 0 radical (unpaired) electrons. The van der Waals surface area contributed by atoms with Crippen molar-refractivity contribution in [3.63, 3.8) is 0 Å². The third kappa shape index (κ3) is 6.79. The highest BCUT2D eigenvalue weighted by Gasteiger charge is 2.26. The summed E-state index contributed by atoms with van der Waals surface area (Å²) in [7, 11) is -3.88. The minimum absolute atomic E-state index is 0.0492. The number of nitrogens with one attached hydrogen (secondary N) is 2. The molecule has 1 heterocycles. The minimum Gasteiger partial charge on any atom is -0.354 e. The summed E-state index contributed by atoms with van der Waals surface area (Å²) < 4.78 is 27.6. The number of hydrogen-bond donors (Lipinski definition) is 2. The Labute approximate surface area is 190 Å². The Morgan fingerprint density at radius 1 is 1.16 bits per heavy atom. The first-order chi connectivity index (χ1) is 14.8. The van der Waals surface area contributed by atoms with E-state index in [1.54, 1.807) is 48.5 Å². The molecule has 3 aromatic rings. The number of amides is 1. The largest absolute Gasteiger partial charge is 0.354 e. The molecule has 1 aromatic heterocycles. The van der Waals surface area contributed by atoms with Gasteiger partial charge in [0, 0.05) is 23.9 Å². The van der Waals surface area contributed by atoms with Crippen LogP contribution in [0.15, 0.2) is 64.9 Å². The van der Waals surface area contributed by atoms with Gasteiger partial charge in [-0.2, -0.15) is 9.40 Å². The molecule has 0 bridgehead atoms. The van der Waals surface area contributed by atoms with Crippen LogP contribution in [-0.4, -0.2) is 52.7 Å². The number of carbonyl (C=O) groups excluding carboxylic acids is 1. The van der Waals surface area contributed by atoms with Gasteiger partial charge in [0.15, 0.2) is 5.16 Å². The third-order valence-electron chi connectivity index (χ3n) is 4.31. The summed E-state index contributed by atoms with van der Waals surface area (Å²) in [6.07, 6.45) is 1.41. The Balaban J connectivity index is 1.69. The average Bonchev–Trinajstić information content (AvgIpc) is 3.26. The molecule has 31 heavy (non-hydrogen) atoms. The van der Waals surface area contributed by atoms with Crippen molar-refractivity contribution in [3.8, 4) is 0 Å². The zero-order chi connectivity index (χ0) is 22.3. The molecular formula is C20H22ClN5O3S2. The molecule has 3 rings (SSSR count). The smallest absolute Gasteiger partial charge is 0.243 e. The van der Waals surface area contributed by atoms with Crippen LogP contribution in [0.5, 0.6) is 0 Å². The summed E-state index contributed by atoms with van der Waals surface area (Å²) in [5.74, 6) is 0.186. The Kier molecular flexibility index (Phi) is 8.08. The van der Waals surface area contributed by atoms with Crippen LogP contribution in [0.4, 0.5) is 0 Å². The lowest BCUT2D eigenvalue weighted by molar-refractivity contribution is -0.121. The number of H-pyrrole nitrogens is 1. The summed E-state index contributed by atoms with van der Waals surface area (Å²) in [6, 6.07) is 13.4. The molecule has 0 atom stereocenters. The molecule has 0 saturated heterocycles. The quantitative estimate of drug-likeness (QED) is 0.342. The van der Waals surface area contributed by atoms with Gasteiger partial charge in [0.2, 0.25) is 15.9 Å². The highest BCUT2D eigenvalue weighted by Crippen LogP contribution is 2.20. The molecule has 0 fully saturated rings. The number of aryl methyl sites for hydroxylation is 1. The third-order valence-corrected chi connectivity index (χ3v) is 7.24. The topological polar surface area (TPSA) is 108 Å². The minimum atomic E-state index is -3.88. The molecule has 0 spiro atoms. The normalized spacial score (nSPS) is 11.6. The van der Waals surface area contributed by atoms with Crippen molar-refractivity contribution >= 4 is 39.3 Å². The first kappa shape index (κ1) is 23.3. The van der Waals surface area contributed by atoms with Gasteiger partial charge in [0.1, 0.15) is 6.33 Å². The van der Waals surface area contributed by atoms with E-state index in [0.717, 1.165) is 11.1 Å². The molecule has 2 N–H and O–H groups in total. The van der Waals surface area contributed by atoms with E-state index in [9.17, 15) is 13.2 Å². The number of aromatic nitrogens is 3. The monoisotopic (exact) mass is 479 g/mol. The van der Waals surface area contributed by atoms with Crippen molar-refractivity contribution in [2.24, 2.45) is 0 Å². The number of thioether (sulfide) groups is 1. The van der Waals surface area contributed by atoms with Crippen molar-refractivity contribution in [1.29, 1.82) is 0 Å². The summed E-state index contributed by atoms with van der Waals surface area (Å²) in [5, 5.41) is 10.4. The van der Waals surface area contributed by atoms with Gasteiger partial charge in [-0.05, 0) is 36.8 Å². The van der Waals surface area contributed by atoms with Gasteiger partial charge in [0.05, 0.1) is 11.4 Å². The number of halogens is 1. The predicted molar refractivity (Wildman–Crippen MR) is 120 cm³/mol. The lowest BCUT2D eigenvalue weighted by atomic mass is 10.2. The van der Waals surface area contributed by atoms with Crippen LogP contribution in [0.1, 0.15) is 11.1 Å². The Bertz CT molecular complexity index is 1090. The number of carbonyl (C=O) groups is 1. The molecule has 8 nitrogen and oxygen atoms in total. The van der Waals surface area contributed by atoms with Crippen LogP contribution in [0.25, 0.3) is 0 Å². The first-order valence-corrected chi connectivity index (χ1v) is 12.2. The van der Waals surface area contributed by atoms with E-state index >= 15 is 0 Å². The molecule has 0 saturated carbocycles. The van der Waals surface area contributed by atoms with E-state index in [2.05, 4.69) is 20.5 Å². The number of benzene rings is 2. The van der Waals surface area contributed by atoms with E-state index in [0.29, 0.717) is 22.5 Å². The van der Waals surface area contributed by atoms with Crippen LogP contribution in [0.2, 0.25) is 5.02 Å². The Morgan fingerprint density at radius 3 is 2.52 bits per heavy atom. The summed E-state index contributed by atoms with van der Waals surface area (Å²) in [4.78, 5) is 16.6. The van der Waals surface area contributed by atoms with Crippen LogP contribution in [0, 0.1) is 6.92 Å². The van der Waals surface area contributed by atoms with E-state index in [-0.39, 0.29) is 23.9 Å². The Hall–Kier alpha value is -2.40. The van der Waals surface area contributed by atoms with Crippen molar-refractivity contribution in [3.05, 3.63) is 71.0 Å². The van der Waals surface area contributed by atoms with Crippen molar-refractivity contribution in [2.45, 2.75) is 23.5 Å². The van der Waals surface area contributed by atoms with Crippen molar-refractivity contribution in [2.75, 3.05) is 18.8 Å². The van der Waals surface area contributed by atoms with Gasteiger partial charge < -0.3 is 5.32 Å². The van der Waals surface area contributed by atoms with Crippen LogP contribution in [-0.2, 0) is 21.4 Å². The lowest BCUT2D eigenvalue weighted by Gasteiger charge is -2.22. The fourth-order valence-corrected chi connectivity index (χ4v) is 4.84. The lowest BCUT2D eigenvalue weighted by Crippen LogP contribution is -2.40. The Morgan fingerprint density at radius 2 is 1.87 bits per heavy atom. The van der Waals surface area contributed by atoms with E-state index in [4.69, 9.17) is 11.6 Å². The summed E-state index contributed by atoms with van der Waals surface area (Å²) in [5.41, 5.74) is 1.68.